The molecule has 0 fully saturated rings. The second kappa shape index (κ2) is 6.07. The summed E-state index contributed by atoms with van der Waals surface area (Å²) in [5, 5.41) is 0. The number of hydrogen-bond donors (Lipinski definition) is 1. The standard InChI is InChI=1S/C16H26N2O2S/c1-4-13(3)18(5-2)16(12-17)10-11-21(19,20)15-9-7-6-8-14(15)16/h6-9,13H,4-5,10-12,17H2,1-3H3. The van der Waals surface area contributed by atoms with Crippen LogP contribution in [0.2, 0.25) is 0 Å². The Morgan fingerprint density at radius 3 is 2.57 bits per heavy atom. The fourth-order valence-corrected chi connectivity index (χ4v) is 5.26. The van der Waals surface area contributed by atoms with Gasteiger partial charge in [0, 0.05) is 12.6 Å². The van der Waals surface area contributed by atoms with E-state index in [1.165, 1.54) is 0 Å². The molecule has 21 heavy (non-hydrogen) atoms. The minimum absolute atomic E-state index is 0.175. The first-order chi connectivity index (χ1) is 9.93. The topological polar surface area (TPSA) is 63.4 Å². The average Bonchev–Trinajstić information content (AvgIpc) is 2.50. The molecule has 1 aromatic rings. The van der Waals surface area contributed by atoms with Gasteiger partial charge in [0.1, 0.15) is 0 Å². The number of rotatable bonds is 5. The van der Waals surface area contributed by atoms with E-state index < -0.39 is 9.84 Å². The predicted molar refractivity (Wildman–Crippen MR) is 86.0 cm³/mol. The van der Waals surface area contributed by atoms with Gasteiger partial charge in [-0.15, -0.1) is 0 Å². The highest BCUT2D eigenvalue weighted by molar-refractivity contribution is 7.91. The maximum atomic E-state index is 12.4. The minimum Gasteiger partial charge on any atom is -0.328 e. The molecule has 1 aromatic carbocycles. The van der Waals surface area contributed by atoms with E-state index in [-0.39, 0.29) is 11.3 Å². The van der Waals surface area contributed by atoms with Gasteiger partial charge < -0.3 is 5.73 Å². The summed E-state index contributed by atoms with van der Waals surface area (Å²) in [6.07, 6.45) is 1.59. The van der Waals surface area contributed by atoms with Crippen molar-refractivity contribution in [2.45, 2.75) is 50.1 Å². The molecule has 2 atom stereocenters. The molecular formula is C16H26N2O2S. The third-order valence-corrected chi connectivity index (χ3v) is 6.63. The highest BCUT2D eigenvalue weighted by Crippen LogP contribution is 2.41. The van der Waals surface area contributed by atoms with Crippen molar-refractivity contribution in [2.75, 3.05) is 18.8 Å². The molecule has 0 aliphatic carbocycles. The number of hydrogen-bond acceptors (Lipinski definition) is 4. The molecule has 0 radical (unpaired) electrons. The Morgan fingerprint density at radius 2 is 2.00 bits per heavy atom. The van der Waals surface area contributed by atoms with Crippen LogP contribution in [0.4, 0.5) is 0 Å². The van der Waals surface area contributed by atoms with Crippen molar-refractivity contribution in [1.82, 2.24) is 4.90 Å². The Kier molecular flexibility index (Phi) is 4.76. The lowest BCUT2D eigenvalue weighted by Gasteiger charge is -2.49. The summed E-state index contributed by atoms with van der Waals surface area (Å²) in [6, 6.07) is 7.73. The highest BCUT2D eigenvalue weighted by atomic mass is 32.2. The van der Waals surface area contributed by atoms with Crippen LogP contribution >= 0.6 is 0 Å². The van der Waals surface area contributed by atoms with Gasteiger partial charge in [0.05, 0.1) is 16.2 Å². The number of nitrogens with two attached hydrogens (primary N) is 1. The SMILES string of the molecule is CCC(C)N(CC)C1(CN)CCS(=O)(=O)c2ccccc21. The molecule has 0 amide bonds. The van der Waals surface area contributed by atoms with Crippen molar-refractivity contribution in [3.63, 3.8) is 0 Å². The average molecular weight is 310 g/mol. The van der Waals surface area contributed by atoms with Crippen LogP contribution in [0.3, 0.4) is 0 Å². The van der Waals surface area contributed by atoms with Crippen LogP contribution < -0.4 is 5.73 Å². The lowest BCUT2D eigenvalue weighted by atomic mass is 9.83. The summed E-state index contributed by atoms with van der Waals surface area (Å²) in [4.78, 5) is 2.84. The summed E-state index contributed by atoms with van der Waals surface area (Å²) in [5.74, 6) is 0.175. The molecule has 1 aliphatic rings. The van der Waals surface area contributed by atoms with Crippen LogP contribution in [0.5, 0.6) is 0 Å². The van der Waals surface area contributed by atoms with E-state index in [1.54, 1.807) is 12.1 Å². The highest BCUT2D eigenvalue weighted by Gasteiger charge is 2.45. The van der Waals surface area contributed by atoms with Crippen LogP contribution in [0.15, 0.2) is 29.2 Å². The lowest BCUT2D eigenvalue weighted by molar-refractivity contribution is 0.0481. The fraction of sp³-hybridized carbons (Fsp3) is 0.625. The third kappa shape index (κ3) is 2.62. The van der Waals surface area contributed by atoms with E-state index in [1.807, 2.05) is 12.1 Å². The van der Waals surface area contributed by atoms with Gasteiger partial charge in [-0.25, -0.2) is 8.42 Å². The van der Waals surface area contributed by atoms with Gasteiger partial charge in [-0.2, -0.15) is 0 Å². The maximum Gasteiger partial charge on any atom is 0.178 e. The molecule has 2 N–H and O–H groups in total. The zero-order valence-corrected chi connectivity index (χ0v) is 14.0. The number of benzene rings is 1. The van der Waals surface area contributed by atoms with Gasteiger partial charge >= 0.3 is 0 Å². The van der Waals surface area contributed by atoms with Gasteiger partial charge in [0.15, 0.2) is 9.84 Å². The Bertz CT molecular complexity index is 600. The summed E-state index contributed by atoms with van der Waals surface area (Å²) in [5.41, 5.74) is 6.68. The van der Waals surface area contributed by atoms with Crippen LogP contribution in [-0.4, -0.2) is 38.2 Å². The largest absolute Gasteiger partial charge is 0.328 e. The molecule has 0 bridgehead atoms. The first-order valence-corrected chi connectivity index (χ1v) is 9.37. The van der Waals surface area contributed by atoms with Crippen LogP contribution in [0.25, 0.3) is 0 Å². The Labute approximate surface area is 128 Å². The zero-order chi connectivity index (χ0) is 15.7. The van der Waals surface area contributed by atoms with Crippen molar-refractivity contribution in [1.29, 1.82) is 0 Å². The van der Waals surface area contributed by atoms with Crippen molar-refractivity contribution in [2.24, 2.45) is 5.73 Å². The van der Waals surface area contributed by atoms with E-state index in [9.17, 15) is 8.42 Å². The molecule has 0 spiro atoms. The molecule has 5 heteroatoms. The first kappa shape index (κ1) is 16.5. The van der Waals surface area contributed by atoms with Gasteiger partial charge in [-0.3, -0.25) is 4.90 Å². The summed E-state index contributed by atoms with van der Waals surface area (Å²) >= 11 is 0. The predicted octanol–water partition coefficient (Wildman–Crippen LogP) is 2.14. The molecule has 118 valence electrons. The third-order valence-electron chi connectivity index (χ3n) is 4.86. The monoisotopic (exact) mass is 310 g/mol. The molecular weight excluding hydrogens is 284 g/mol. The van der Waals surface area contributed by atoms with E-state index >= 15 is 0 Å². The lowest BCUT2D eigenvalue weighted by Crippen LogP contribution is -2.57. The second-order valence-electron chi connectivity index (χ2n) is 5.84. The fourth-order valence-electron chi connectivity index (χ4n) is 3.55. The molecule has 2 unspecified atom stereocenters. The minimum atomic E-state index is -3.18. The number of fused-ring (bicyclic) bond motifs is 1. The molecule has 0 saturated heterocycles. The van der Waals surface area contributed by atoms with Crippen molar-refractivity contribution in [3.8, 4) is 0 Å². The number of nitrogens with zero attached hydrogens (tertiary/aromatic N) is 1. The normalized spacial score (nSPS) is 25.6. The molecule has 4 nitrogen and oxygen atoms in total. The molecule has 2 rings (SSSR count). The van der Waals surface area contributed by atoms with Gasteiger partial charge in [-0.1, -0.05) is 32.0 Å². The van der Waals surface area contributed by atoms with Crippen molar-refractivity contribution in [3.05, 3.63) is 29.8 Å². The van der Waals surface area contributed by atoms with E-state index in [2.05, 4.69) is 25.7 Å². The van der Waals surface area contributed by atoms with Crippen LogP contribution in [0, 0.1) is 0 Å². The Hall–Kier alpha value is -0.910. The van der Waals surface area contributed by atoms with Crippen molar-refractivity contribution < 1.29 is 8.42 Å². The van der Waals surface area contributed by atoms with Crippen molar-refractivity contribution >= 4 is 9.84 Å². The second-order valence-corrected chi connectivity index (χ2v) is 7.92. The number of sulfone groups is 1. The van der Waals surface area contributed by atoms with Gasteiger partial charge in [0.25, 0.3) is 0 Å². The quantitative estimate of drug-likeness (QED) is 0.905. The molecule has 0 aromatic heterocycles. The summed E-state index contributed by atoms with van der Waals surface area (Å²) in [6.45, 7) is 7.77. The number of likely N-dealkylation sites (N-methyl/N-ethyl adjacent to an activating group) is 1. The van der Waals surface area contributed by atoms with Gasteiger partial charge in [0.2, 0.25) is 0 Å². The van der Waals surface area contributed by atoms with Crippen LogP contribution in [0.1, 0.15) is 39.2 Å². The van der Waals surface area contributed by atoms with E-state index in [4.69, 9.17) is 5.73 Å². The Balaban J connectivity index is 2.64. The first-order valence-electron chi connectivity index (χ1n) is 7.72. The summed E-state index contributed by atoms with van der Waals surface area (Å²) in [7, 11) is -3.18. The molecule has 1 aliphatic heterocycles. The summed E-state index contributed by atoms with van der Waals surface area (Å²) < 4.78 is 24.7. The zero-order valence-electron chi connectivity index (χ0n) is 13.2. The molecule has 0 saturated carbocycles. The molecule has 1 heterocycles. The van der Waals surface area contributed by atoms with E-state index in [0.717, 1.165) is 18.5 Å². The smallest absolute Gasteiger partial charge is 0.178 e. The van der Waals surface area contributed by atoms with E-state index in [0.29, 0.717) is 23.9 Å². The maximum absolute atomic E-state index is 12.4. The van der Waals surface area contributed by atoms with Gasteiger partial charge in [-0.05, 0) is 37.9 Å². The van der Waals surface area contributed by atoms with Crippen LogP contribution in [-0.2, 0) is 15.4 Å². The Morgan fingerprint density at radius 1 is 1.33 bits per heavy atom.